The lowest BCUT2D eigenvalue weighted by Crippen LogP contribution is -2.30. The lowest BCUT2D eigenvalue weighted by molar-refractivity contribution is -0.121. The zero-order chi connectivity index (χ0) is 14.4. The van der Waals surface area contributed by atoms with Gasteiger partial charge in [-0.3, -0.25) is 4.79 Å². The van der Waals surface area contributed by atoms with Crippen molar-refractivity contribution in [3.8, 4) is 11.5 Å². The van der Waals surface area contributed by atoms with Crippen LogP contribution in [0.4, 0.5) is 0 Å². The monoisotopic (exact) mass is 329 g/mol. The summed E-state index contributed by atoms with van der Waals surface area (Å²) in [6.07, 6.45) is 1.10. The molecule has 0 spiro atoms. The summed E-state index contributed by atoms with van der Waals surface area (Å²) >= 11 is 3.48. The van der Waals surface area contributed by atoms with Crippen LogP contribution in [0.15, 0.2) is 16.6 Å². The van der Waals surface area contributed by atoms with E-state index in [-0.39, 0.29) is 11.9 Å². The first-order chi connectivity index (χ1) is 8.97. The Bertz CT molecular complexity index is 447. The van der Waals surface area contributed by atoms with E-state index in [4.69, 9.17) is 9.47 Å². The normalized spacial score (nSPS) is 10.4. The molecule has 0 atom stereocenters. The van der Waals surface area contributed by atoms with Crippen LogP contribution in [-0.4, -0.2) is 26.2 Å². The molecule has 0 saturated carbocycles. The Kier molecular flexibility index (Phi) is 6.15. The molecule has 0 aliphatic rings. The Morgan fingerprint density at radius 1 is 1.26 bits per heavy atom. The number of amides is 1. The van der Waals surface area contributed by atoms with Crippen molar-refractivity contribution < 1.29 is 14.3 Å². The number of benzene rings is 1. The largest absolute Gasteiger partial charge is 0.493 e. The molecule has 106 valence electrons. The fourth-order valence-corrected chi connectivity index (χ4v) is 2.25. The van der Waals surface area contributed by atoms with E-state index in [1.54, 1.807) is 14.2 Å². The van der Waals surface area contributed by atoms with Gasteiger partial charge in [0, 0.05) is 16.9 Å². The Balaban J connectivity index is 2.76. The summed E-state index contributed by atoms with van der Waals surface area (Å²) in [5.41, 5.74) is 1.02. The van der Waals surface area contributed by atoms with Gasteiger partial charge in [-0.2, -0.15) is 0 Å². The van der Waals surface area contributed by atoms with Gasteiger partial charge in [-0.05, 0) is 38.0 Å². The number of hydrogen-bond acceptors (Lipinski definition) is 3. The van der Waals surface area contributed by atoms with Gasteiger partial charge in [0.1, 0.15) is 0 Å². The maximum absolute atomic E-state index is 11.6. The van der Waals surface area contributed by atoms with Crippen molar-refractivity contribution in [2.45, 2.75) is 32.7 Å². The summed E-state index contributed by atoms with van der Waals surface area (Å²) in [5.74, 6) is 1.39. The molecule has 1 amide bonds. The van der Waals surface area contributed by atoms with Crippen LogP contribution in [0, 0.1) is 0 Å². The molecule has 0 aliphatic carbocycles. The second kappa shape index (κ2) is 7.38. The summed E-state index contributed by atoms with van der Waals surface area (Å²) < 4.78 is 11.4. The zero-order valence-electron chi connectivity index (χ0n) is 11.7. The number of hydrogen-bond donors (Lipinski definition) is 1. The summed E-state index contributed by atoms with van der Waals surface area (Å²) in [5, 5.41) is 2.87. The van der Waals surface area contributed by atoms with Gasteiger partial charge in [-0.15, -0.1) is 0 Å². The van der Waals surface area contributed by atoms with Crippen molar-refractivity contribution in [1.29, 1.82) is 0 Å². The number of carbonyl (C=O) groups excluding carboxylic acids is 1. The number of aryl methyl sites for hydroxylation is 1. The number of ether oxygens (including phenoxy) is 2. The first-order valence-electron chi connectivity index (χ1n) is 6.17. The molecule has 1 N–H and O–H groups in total. The summed E-state index contributed by atoms with van der Waals surface area (Å²) in [7, 11) is 3.20. The maximum Gasteiger partial charge on any atom is 0.220 e. The van der Waals surface area contributed by atoms with Crippen LogP contribution < -0.4 is 14.8 Å². The minimum atomic E-state index is 0.0525. The van der Waals surface area contributed by atoms with Crippen molar-refractivity contribution in [3.63, 3.8) is 0 Å². The van der Waals surface area contributed by atoms with Gasteiger partial charge in [-0.25, -0.2) is 0 Å². The first kappa shape index (κ1) is 15.8. The van der Waals surface area contributed by atoms with Crippen LogP contribution in [0.5, 0.6) is 11.5 Å². The topological polar surface area (TPSA) is 47.6 Å². The van der Waals surface area contributed by atoms with E-state index in [1.807, 2.05) is 26.0 Å². The lowest BCUT2D eigenvalue weighted by Gasteiger charge is -2.12. The van der Waals surface area contributed by atoms with E-state index in [0.29, 0.717) is 24.3 Å². The van der Waals surface area contributed by atoms with Gasteiger partial charge in [0.05, 0.1) is 14.2 Å². The standard InChI is InChI=1S/C14H20BrNO3/c1-9(2)16-14(17)6-5-10-7-12(18-3)13(19-4)8-11(10)15/h7-9H,5-6H2,1-4H3,(H,16,17). The molecule has 1 aromatic carbocycles. The highest BCUT2D eigenvalue weighted by molar-refractivity contribution is 9.10. The van der Waals surface area contributed by atoms with Crippen LogP contribution in [-0.2, 0) is 11.2 Å². The van der Waals surface area contributed by atoms with Crippen LogP contribution in [0.25, 0.3) is 0 Å². The van der Waals surface area contributed by atoms with Crippen LogP contribution in [0.3, 0.4) is 0 Å². The highest BCUT2D eigenvalue weighted by atomic mass is 79.9. The van der Waals surface area contributed by atoms with Crippen molar-refractivity contribution in [2.24, 2.45) is 0 Å². The van der Waals surface area contributed by atoms with Gasteiger partial charge in [0.15, 0.2) is 11.5 Å². The molecular weight excluding hydrogens is 310 g/mol. The Labute approximate surface area is 122 Å². The molecule has 0 bridgehead atoms. The third-order valence-electron chi connectivity index (χ3n) is 2.62. The van der Waals surface area contributed by atoms with E-state index in [9.17, 15) is 4.79 Å². The predicted molar refractivity (Wildman–Crippen MR) is 78.8 cm³/mol. The smallest absolute Gasteiger partial charge is 0.220 e. The van der Waals surface area contributed by atoms with Gasteiger partial charge in [0.25, 0.3) is 0 Å². The van der Waals surface area contributed by atoms with Crippen LogP contribution in [0.2, 0.25) is 0 Å². The molecule has 0 heterocycles. The minimum Gasteiger partial charge on any atom is -0.493 e. The summed E-state index contributed by atoms with van der Waals surface area (Å²) in [4.78, 5) is 11.6. The van der Waals surface area contributed by atoms with Crippen molar-refractivity contribution >= 4 is 21.8 Å². The van der Waals surface area contributed by atoms with E-state index in [1.165, 1.54) is 0 Å². The Morgan fingerprint density at radius 2 is 1.84 bits per heavy atom. The fourth-order valence-electron chi connectivity index (χ4n) is 1.73. The second-order valence-electron chi connectivity index (χ2n) is 4.52. The molecule has 0 saturated heterocycles. The third kappa shape index (κ3) is 4.74. The SMILES string of the molecule is COc1cc(Br)c(CCC(=O)NC(C)C)cc1OC. The van der Waals surface area contributed by atoms with Gasteiger partial charge in [0.2, 0.25) is 5.91 Å². The van der Waals surface area contributed by atoms with E-state index < -0.39 is 0 Å². The van der Waals surface area contributed by atoms with Gasteiger partial charge >= 0.3 is 0 Å². The van der Waals surface area contributed by atoms with Crippen molar-refractivity contribution in [2.75, 3.05) is 14.2 Å². The quantitative estimate of drug-likeness (QED) is 0.872. The summed E-state index contributed by atoms with van der Waals surface area (Å²) in [6, 6.07) is 3.92. The van der Waals surface area contributed by atoms with Crippen LogP contribution >= 0.6 is 15.9 Å². The second-order valence-corrected chi connectivity index (χ2v) is 5.38. The third-order valence-corrected chi connectivity index (χ3v) is 3.36. The predicted octanol–water partition coefficient (Wildman–Crippen LogP) is 2.92. The molecule has 4 nitrogen and oxygen atoms in total. The van der Waals surface area contributed by atoms with E-state index >= 15 is 0 Å². The molecular formula is C14H20BrNO3. The maximum atomic E-state index is 11.6. The number of methoxy groups -OCH3 is 2. The number of nitrogens with one attached hydrogen (secondary N) is 1. The number of halogens is 1. The first-order valence-corrected chi connectivity index (χ1v) is 6.97. The van der Waals surface area contributed by atoms with Crippen molar-refractivity contribution in [3.05, 3.63) is 22.2 Å². The van der Waals surface area contributed by atoms with Gasteiger partial charge < -0.3 is 14.8 Å². The molecule has 5 heteroatoms. The average Bonchev–Trinajstić information content (AvgIpc) is 2.36. The zero-order valence-corrected chi connectivity index (χ0v) is 13.3. The molecule has 0 fully saturated rings. The summed E-state index contributed by atoms with van der Waals surface area (Å²) in [6.45, 7) is 3.90. The number of carbonyl (C=O) groups is 1. The average molecular weight is 330 g/mol. The lowest BCUT2D eigenvalue weighted by atomic mass is 10.1. The van der Waals surface area contributed by atoms with E-state index in [0.717, 1.165) is 10.0 Å². The molecule has 0 radical (unpaired) electrons. The Morgan fingerprint density at radius 3 is 2.37 bits per heavy atom. The molecule has 0 aromatic heterocycles. The van der Waals surface area contributed by atoms with Gasteiger partial charge in [-0.1, -0.05) is 15.9 Å². The molecule has 0 aliphatic heterocycles. The highest BCUT2D eigenvalue weighted by Gasteiger charge is 2.11. The van der Waals surface area contributed by atoms with E-state index in [2.05, 4.69) is 21.2 Å². The van der Waals surface area contributed by atoms with Crippen LogP contribution in [0.1, 0.15) is 25.8 Å². The minimum absolute atomic E-state index is 0.0525. The van der Waals surface area contributed by atoms with Crippen molar-refractivity contribution in [1.82, 2.24) is 5.32 Å². The Hall–Kier alpha value is -1.23. The molecule has 1 aromatic rings. The fraction of sp³-hybridized carbons (Fsp3) is 0.500. The molecule has 1 rings (SSSR count). The molecule has 19 heavy (non-hydrogen) atoms. The highest BCUT2D eigenvalue weighted by Crippen LogP contribution is 2.33. The molecule has 0 unspecified atom stereocenters. The number of rotatable bonds is 6.